The highest BCUT2D eigenvalue weighted by Crippen LogP contribution is 2.09. The van der Waals surface area contributed by atoms with E-state index < -0.39 is 10.8 Å². The Morgan fingerprint density at radius 3 is 2.50 bits per heavy atom. The number of carbonyl (C=O) groups is 1. The third-order valence-corrected chi connectivity index (χ3v) is 3.90. The van der Waals surface area contributed by atoms with Gasteiger partial charge in [0.25, 0.3) is 0 Å². The molecule has 0 radical (unpaired) electrons. The van der Waals surface area contributed by atoms with Crippen molar-refractivity contribution in [2.45, 2.75) is 31.8 Å². The van der Waals surface area contributed by atoms with E-state index >= 15 is 0 Å². The quantitative estimate of drug-likeness (QED) is 0.679. The van der Waals surface area contributed by atoms with Crippen molar-refractivity contribution in [3.63, 3.8) is 0 Å². The molecule has 0 aromatic heterocycles. The number of hydrogen-bond acceptors (Lipinski definition) is 3. The van der Waals surface area contributed by atoms with E-state index in [1.54, 1.807) is 7.05 Å². The van der Waals surface area contributed by atoms with E-state index in [2.05, 4.69) is 10.6 Å². The molecule has 82 valence electrons. The molecule has 1 heterocycles. The Morgan fingerprint density at radius 1 is 1.43 bits per heavy atom. The second kappa shape index (κ2) is 5.46. The first kappa shape index (κ1) is 11.7. The molecular weight excluding hydrogens is 200 g/mol. The molecule has 0 spiro atoms. The Morgan fingerprint density at radius 2 is 2.00 bits per heavy atom. The number of carbonyl (C=O) groups excluding carboxylic acids is 1. The molecular formula is C9H18N2O2S. The predicted molar refractivity (Wildman–Crippen MR) is 57.6 cm³/mol. The fourth-order valence-electron chi connectivity index (χ4n) is 1.61. The Labute approximate surface area is 87.3 Å². The van der Waals surface area contributed by atoms with E-state index in [-0.39, 0.29) is 11.9 Å². The van der Waals surface area contributed by atoms with Gasteiger partial charge in [-0.3, -0.25) is 9.00 Å². The maximum absolute atomic E-state index is 11.2. The van der Waals surface area contributed by atoms with Crippen LogP contribution in [0.3, 0.4) is 0 Å². The van der Waals surface area contributed by atoms with Crippen LogP contribution in [0.25, 0.3) is 0 Å². The number of rotatable bonds is 3. The van der Waals surface area contributed by atoms with E-state index in [9.17, 15) is 9.00 Å². The van der Waals surface area contributed by atoms with Crippen LogP contribution < -0.4 is 10.6 Å². The van der Waals surface area contributed by atoms with E-state index in [0.717, 1.165) is 24.3 Å². The van der Waals surface area contributed by atoms with Gasteiger partial charge < -0.3 is 10.6 Å². The van der Waals surface area contributed by atoms with Crippen molar-refractivity contribution in [1.29, 1.82) is 0 Å². The van der Waals surface area contributed by atoms with E-state index in [0.29, 0.717) is 6.04 Å². The normalized spacial score (nSPS) is 29.6. The summed E-state index contributed by atoms with van der Waals surface area (Å²) in [4.78, 5) is 11.2. The van der Waals surface area contributed by atoms with E-state index in [1.807, 2.05) is 6.92 Å². The van der Waals surface area contributed by atoms with Gasteiger partial charge in [-0.25, -0.2) is 0 Å². The van der Waals surface area contributed by atoms with Crippen LogP contribution in [0.5, 0.6) is 0 Å². The lowest BCUT2D eigenvalue weighted by Crippen LogP contribution is -2.47. The summed E-state index contributed by atoms with van der Waals surface area (Å²) in [5, 5.41) is 5.85. The zero-order valence-electron chi connectivity index (χ0n) is 8.71. The fraction of sp³-hybridized carbons (Fsp3) is 0.889. The molecule has 1 saturated heterocycles. The first-order valence-corrected chi connectivity index (χ1v) is 6.45. The van der Waals surface area contributed by atoms with Crippen LogP contribution in [-0.4, -0.2) is 40.8 Å². The van der Waals surface area contributed by atoms with Crippen LogP contribution in [0.4, 0.5) is 0 Å². The monoisotopic (exact) mass is 218 g/mol. The predicted octanol–water partition coefficient (Wildman–Crippen LogP) is -0.378. The third-order valence-electron chi connectivity index (χ3n) is 2.51. The number of nitrogens with one attached hydrogen (secondary N) is 2. The second-order valence-corrected chi connectivity index (χ2v) is 5.32. The highest BCUT2D eigenvalue weighted by atomic mass is 32.2. The van der Waals surface area contributed by atoms with Crippen molar-refractivity contribution in [3.8, 4) is 0 Å². The summed E-state index contributed by atoms with van der Waals surface area (Å²) in [5.41, 5.74) is 0. The van der Waals surface area contributed by atoms with E-state index in [4.69, 9.17) is 0 Å². The van der Waals surface area contributed by atoms with Gasteiger partial charge in [-0.05, 0) is 19.8 Å². The van der Waals surface area contributed by atoms with E-state index in [1.165, 1.54) is 0 Å². The summed E-state index contributed by atoms with van der Waals surface area (Å²) in [7, 11) is 1.01. The molecule has 1 fully saturated rings. The lowest BCUT2D eigenvalue weighted by Gasteiger charge is -2.25. The minimum absolute atomic E-state index is 0.0108. The van der Waals surface area contributed by atoms with Crippen molar-refractivity contribution in [1.82, 2.24) is 10.6 Å². The molecule has 4 nitrogen and oxygen atoms in total. The highest BCUT2D eigenvalue weighted by molar-refractivity contribution is 7.85. The molecule has 0 aromatic carbocycles. The van der Waals surface area contributed by atoms with Gasteiger partial charge in [0.1, 0.15) is 0 Å². The number of likely N-dealkylation sites (N-methyl/N-ethyl adjacent to an activating group) is 1. The molecule has 1 atom stereocenters. The first-order valence-electron chi connectivity index (χ1n) is 4.96. The summed E-state index contributed by atoms with van der Waals surface area (Å²) < 4.78 is 11.1. The standard InChI is InChI=1S/C9H18N2O2S/c1-7(9(12)10-2)11-8-3-5-14(13)6-4-8/h7-8,11H,3-6H2,1-2H3,(H,10,12). The van der Waals surface area contributed by atoms with Gasteiger partial charge in [0.15, 0.2) is 0 Å². The largest absolute Gasteiger partial charge is 0.358 e. The molecule has 14 heavy (non-hydrogen) atoms. The molecule has 0 aromatic rings. The summed E-state index contributed by atoms with van der Waals surface area (Å²) in [5.74, 6) is 1.53. The van der Waals surface area contributed by atoms with Crippen LogP contribution in [0, 0.1) is 0 Å². The molecule has 5 heteroatoms. The molecule has 0 bridgehead atoms. The van der Waals surface area contributed by atoms with Crippen LogP contribution in [0.1, 0.15) is 19.8 Å². The van der Waals surface area contributed by atoms with Crippen LogP contribution in [-0.2, 0) is 15.6 Å². The Hall–Kier alpha value is -0.420. The first-order chi connectivity index (χ1) is 6.63. The zero-order valence-corrected chi connectivity index (χ0v) is 9.52. The Kier molecular flexibility index (Phi) is 4.54. The zero-order chi connectivity index (χ0) is 10.6. The van der Waals surface area contributed by atoms with Gasteiger partial charge >= 0.3 is 0 Å². The number of amides is 1. The lowest BCUT2D eigenvalue weighted by atomic mass is 10.1. The fourth-order valence-corrected chi connectivity index (χ4v) is 2.91. The van der Waals surface area contributed by atoms with Gasteiger partial charge in [0.05, 0.1) is 6.04 Å². The van der Waals surface area contributed by atoms with Crippen LogP contribution in [0.2, 0.25) is 0 Å². The van der Waals surface area contributed by atoms with Gasteiger partial charge in [-0.2, -0.15) is 0 Å². The van der Waals surface area contributed by atoms with Gasteiger partial charge in [-0.15, -0.1) is 0 Å². The van der Waals surface area contributed by atoms with Crippen molar-refractivity contribution < 1.29 is 9.00 Å². The molecule has 0 saturated carbocycles. The van der Waals surface area contributed by atoms with Crippen molar-refractivity contribution >= 4 is 16.7 Å². The van der Waals surface area contributed by atoms with Gasteiger partial charge in [-0.1, -0.05) is 0 Å². The SMILES string of the molecule is CNC(=O)C(C)NC1CCS(=O)CC1. The lowest BCUT2D eigenvalue weighted by molar-refractivity contribution is -0.122. The Balaban J connectivity index is 2.30. The summed E-state index contributed by atoms with van der Waals surface area (Å²) in [6.45, 7) is 1.85. The highest BCUT2D eigenvalue weighted by Gasteiger charge is 2.21. The average Bonchev–Trinajstić information content (AvgIpc) is 2.20. The molecule has 1 aliphatic rings. The van der Waals surface area contributed by atoms with Crippen LogP contribution in [0.15, 0.2) is 0 Å². The topological polar surface area (TPSA) is 58.2 Å². The maximum Gasteiger partial charge on any atom is 0.236 e. The molecule has 1 rings (SSSR count). The molecule has 0 aliphatic carbocycles. The van der Waals surface area contributed by atoms with Crippen molar-refractivity contribution in [2.24, 2.45) is 0 Å². The minimum atomic E-state index is -0.629. The van der Waals surface area contributed by atoms with Crippen LogP contribution >= 0.6 is 0 Å². The number of hydrogen-bond donors (Lipinski definition) is 2. The third kappa shape index (κ3) is 3.38. The second-order valence-electron chi connectivity index (χ2n) is 3.62. The van der Waals surface area contributed by atoms with Gasteiger partial charge in [0, 0.05) is 35.4 Å². The molecule has 1 amide bonds. The van der Waals surface area contributed by atoms with Crippen molar-refractivity contribution in [2.75, 3.05) is 18.6 Å². The maximum atomic E-state index is 11.2. The molecule has 1 aliphatic heterocycles. The molecule has 2 N–H and O–H groups in total. The minimum Gasteiger partial charge on any atom is -0.358 e. The molecule has 1 unspecified atom stereocenters. The van der Waals surface area contributed by atoms with Gasteiger partial charge in [0.2, 0.25) is 5.91 Å². The summed E-state index contributed by atoms with van der Waals surface area (Å²) in [6, 6.07) is 0.191. The summed E-state index contributed by atoms with van der Waals surface area (Å²) in [6.07, 6.45) is 1.82. The smallest absolute Gasteiger partial charge is 0.236 e. The Bertz CT molecular complexity index is 223. The average molecular weight is 218 g/mol. The van der Waals surface area contributed by atoms with Crippen molar-refractivity contribution in [3.05, 3.63) is 0 Å². The summed E-state index contributed by atoms with van der Waals surface area (Å²) >= 11 is 0.